The first-order valence-electron chi connectivity index (χ1n) is 4.84. The van der Waals surface area contributed by atoms with Gasteiger partial charge in [0.2, 0.25) is 0 Å². The van der Waals surface area contributed by atoms with Gasteiger partial charge in [0.15, 0.2) is 6.29 Å². The van der Waals surface area contributed by atoms with E-state index in [0.29, 0.717) is 13.0 Å². The maximum absolute atomic E-state index is 10.5. The summed E-state index contributed by atoms with van der Waals surface area (Å²) in [6.45, 7) is 2.33. The van der Waals surface area contributed by atoms with Crippen LogP contribution >= 0.6 is 0 Å². The standard InChI is InChI=1S/C9H17NO4/c1-6-13-7(2-3-10)4-8(14-6)5-9(11)12/h6-8H,2-5,10H2,1H3,(H,11,12)/t6-,7+,8+/m0/s1. The van der Waals surface area contributed by atoms with Crippen molar-refractivity contribution in [3.8, 4) is 0 Å². The zero-order valence-electron chi connectivity index (χ0n) is 8.31. The average Bonchev–Trinajstić information content (AvgIpc) is 2.01. The Kier molecular flexibility index (Phi) is 4.31. The molecule has 3 atom stereocenters. The van der Waals surface area contributed by atoms with Gasteiger partial charge in [0.1, 0.15) is 0 Å². The molecule has 0 aromatic heterocycles. The topological polar surface area (TPSA) is 81.8 Å². The Morgan fingerprint density at radius 3 is 2.71 bits per heavy atom. The third-order valence-corrected chi connectivity index (χ3v) is 2.18. The number of ether oxygens (including phenoxy) is 2. The van der Waals surface area contributed by atoms with Crippen molar-refractivity contribution in [2.75, 3.05) is 6.54 Å². The predicted octanol–water partition coefficient (Wildman–Crippen LogP) is 0.330. The van der Waals surface area contributed by atoms with Gasteiger partial charge < -0.3 is 20.3 Å². The molecule has 0 aliphatic carbocycles. The number of carboxylic acids is 1. The van der Waals surface area contributed by atoms with Crippen LogP contribution < -0.4 is 5.73 Å². The molecule has 1 fully saturated rings. The van der Waals surface area contributed by atoms with Gasteiger partial charge in [-0.15, -0.1) is 0 Å². The highest BCUT2D eigenvalue weighted by Crippen LogP contribution is 2.22. The molecule has 0 saturated carbocycles. The average molecular weight is 203 g/mol. The molecule has 5 heteroatoms. The van der Waals surface area contributed by atoms with Gasteiger partial charge in [0.05, 0.1) is 18.6 Å². The first-order chi connectivity index (χ1) is 6.61. The van der Waals surface area contributed by atoms with E-state index in [1.54, 1.807) is 6.92 Å². The molecule has 1 rings (SSSR count). The monoisotopic (exact) mass is 203 g/mol. The molecule has 0 aromatic carbocycles. The van der Waals surface area contributed by atoms with Crippen LogP contribution in [0, 0.1) is 0 Å². The molecule has 3 N–H and O–H groups in total. The minimum Gasteiger partial charge on any atom is -0.481 e. The minimum absolute atomic E-state index is 0.0353. The molecule has 0 unspecified atom stereocenters. The highest BCUT2D eigenvalue weighted by Gasteiger charge is 2.28. The number of rotatable bonds is 4. The Morgan fingerprint density at radius 1 is 1.50 bits per heavy atom. The lowest BCUT2D eigenvalue weighted by molar-refractivity contribution is -0.235. The fraction of sp³-hybridized carbons (Fsp3) is 0.889. The summed E-state index contributed by atoms with van der Waals surface area (Å²) in [6, 6.07) is 0. The number of carboxylic acid groups (broad SMARTS) is 1. The Bertz CT molecular complexity index is 197. The number of nitrogens with two attached hydrogens (primary N) is 1. The second-order valence-electron chi connectivity index (χ2n) is 3.49. The molecular weight excluding hydrogens is 186 g/mol. The summed E-state index contributed by atoms with van der Waals surface area (Å²) in [5, 5.41) is 8.62. The Balaban J connectivity index is 2.41. The van der Waals surface area contributed by atoms with E-state index in [0.717, 1.165) is 6.42 Å². The van der Waals surface area contributed by atoms with E-state index in [-0.39, 0.29) is 24.9 Å². The van der Waals surface area contributed by atoms with Gasteiger partial charge in [-0.05, 0) is 19.9 Å². The zero-order chi connectivity index (χ0) is 10.6. The van der Waals surface area contributed by atoms with Gasteiger partial charge in [-0.3, -0.25) is 4.79 Å². The largest absolute Gasteiger partial charge is 0.481 e. The van der Waals surface area contributed by atoms with E-state index >= 15 is 0 Å². The second kappa shape index (κ2) is 5.29. The Morgan fingerprint density at radius 2 is 2.14 bits per heavy atom. The minimum atomic E-state index is -0.837. The molecule has 14 heavy (non-hydrogen) atoms. The van der Waals surface area contributed by atoms with E-state index < -0.39 is 5.97 Å². The van der Waals surface area contributed by atoms with Gasteiger partial charge in [-0.2, -0.15) is 0 Å². The first kappa shape index (κ1) is 11.4. The summed E-state index contributed by atoms with van der Waals surface area (Å²) in [5.74, 6) is -0.837. The molecule has 1 aliphatic rings. The number of hydrogen-bond acceptors (Lipinski definition) is 4. The first-order valence-corrected chi connectivity index (χ1v) is 4.84. The van der Waals surface area contributed by atoms with Crippen LogP contribution in [0.15, 0.2) is 0 Å². The number of carbonyl (C=O) groups is 1. The molecule has 0 bridgehead atoms. The fourth-order valence-electron chi connectivity index (χ4n) is 1.68. The van der Waals surface area contributed by atoms with E-state index in [4.69, 9.17) is 20.3 Å². The summed E-state index contributed by atoms with van der Waals surface area (Å²) >= 11 is 0. The summed E-state index contributed by atoms with van der Waals surface area (Å²) in [4.78, 5) is 10.5. The van der Waals surface area contributed by atoms with Crippen LogP contribution in [0.25, 0.3) is 0 Å². The molecule has 0 amide bonds. The van der Waals surface area contributed by atoms with Crippen molar-refractivity contribution < 1.29 is 19.4 Å². The molecule has 0 aromatic rings. The molecule has 82 valence electrons. The van der Waals surface area contributed by atoms with E-state index in [1.165, 1.54) is 0 Å². The lowest BCUT2D eigenvalue weighted by Crippen LogP contribution is -2.38. The zero-order valence-corrected chi connectivity index (χ0v) is 8.31. The summed E-state index contributed by atoms with van der Waals surface area (Å²) in [7, 11) is 0. The highest BCUT2D eigenvalue weighted by molar-refractivity contribution is 5.67. The van der Waals surface area contributed by atoms with Crippen LogP contribution in [0.2, 0.25) is 0 Å². The van der Waals surface area contributed by atoms with Gasteiger partial charge in [0.25, 0.3) is 0 Å². The van der Waals surface area contributed by atoms with E-state index in [9.17, 15) is 4.79 Å². The highest BCUT2D eigenvalue weighted by atomic mass is 16.7. The quantitative estimate of drug-likeness (QED) is 0.688. The Hall–Kier alpha value is -0.650. The van der Waals surface area contributed by atoms with E-state index in [2.05, 4.69) is 0 Å². The summed E-state index contributed by atoms with van der Waals surface area (Å²) in [6.07, 6.45) is 0.873. The lowest BCUT2D eigenvalue weighted by Gasteiger charge is -2.33. The second-order valence-corrected chi connectivity index (χ2v) is 3.49. The van der Waals surface area contributed by atoms with Crippen molar-refractivity contribution in [1.29, 1.82) is 0 Å². The van der Waals surface area contributed by atoms with Crippen molar-refractivity contribution in [2.45, 2.75) is 44.7 Å². The van der Waals surface area contributed by atoms with Crippen LogP contribution in [0.1, 0.15) is 26.2 Å². The van der Waals surface area contributed by atoms with Gasteiger partial charge in [0, 0.05) is 6.42 Å². The molecule has 0 radical (unpaired) electrons. The van der Waals surface area contributed by atoms with Crippen LogP contribution in [0.4, 0.5) is 0 Å². The van der Waals surface area contributed by atoms with Crippen molar-refractivity contribution in [3.05, 3.63) is 0 Å². The maximum Gasteiger partial charge on any atom is 0.305 e. The smallest absolute Gasteiger partial charge is 0.305 e. The van der Waals surface area contributed by atoms with Crippen LogP contribution in [-0.2, 0) is 14.3 Å². The van der Waals surface area contributed by atoms with Crippen molar-refractivity contribution in [1.82, 2.24) is 0 Å². The van der Waals surface area contributed by atoms with Crippen molar-refractivity contribution in [3.63, 3.8) is 0 Å². The van der Waals surface area contributed by atoms with Crippen LogP contribution in [0.5, 0.6) is 0 Å². The predicted molar refractivity (Wildman–Crippen MR) is 49.7 cm³/mol. The molecule has 5 nitrogen and oxygen atoms in total. The molecular formula is C9H17NO4. The SMILES string of the molecule is C[C@H]1O[C@H](CCN)C[C@H](CC(=O)O)O1. The van der Waals surface area contributed by atoms with E-state index in [1.807, 2.05) is 0 Å². The molecule has 1 heterocycles. The summed E-state index contributed by atoms with van der Waals surface area (Å²) < 4.78 is 10.8. The molecule has 0 spiro atoms. The maximum atomic E-state index is 10.5. The normalized spacial score (nSPS) is 32.9. The van der Waals surface area contributed by atoms with Crippen molar-refractivity contribution in [2.24, 2.45) is 5.73 Å². The van der Waals surface area contributed by atoms with Gasteiger partial charge in [-0.1, -0.05) is 0 Å². The van der Waals surface area contributed by atoms with Gasteiger partial charge >= 0.3 is 5.97 Å². The van der Waals surface area contributed by atoms with Crippen molar-refractivity contribution >= 4 is 5.97 Å². The third-order valence-electron chi connectivity index (χ3n) is 2.18. The number of aliphatic carboxylic acids is 1. The lowest BCUT2D eigenvalue weighted by atomic mass is 10.0. The van der Waals surface area contributed by atoms with Crippen LogP contribution in [-0.4, -0.2) is 36.1 Å². The van der Waals surface area contributed by atoms with Crippen LogP contribution in [0.3, 0.4) is 0 Å². The third kappa shape index (κ3) is 3.61. The van der Waals surface area contributed by atoms with Gasteiger partial charge in [-0.25, -0.2) is 0 Å². The Labute approximate surface area is 83.2 Å². The summed E-state index contributed by atoms with van der Waals surface area (Å²) in [5.41, 5.74) is 5.41. The molecule has 1 saturated heterocycles. The fourth-order valence-corrected chi connectivity index (χ4v) is 1.68. The molecule has 1 aliphatic heterocycles. The number of hydrogen-bond donors (Lipinski definition) is 2.